The standard InChI is InChI=1S/C12H20N2S/c1-12(2,10-11-4-3-9-15-11)14-7-5-13-6-8-14/h3-4,9,13H,5-8,10H2,1-2H3. The van der Waals surface area contributed by atoms with E-state index in [2.05, 4.69) is 41.6 Å². The fraction of sp³-hybridized carbons (Fsp3) is 0.667. The van der Waals surface area contributed by atoms with Gasteiger partial charge in [-0.2, -0.15) is 0 Å². The Kier molecular flexibility index (Phi) is 3.44. The van der Waals surface area contributed by atoms with Crippen molar-refractivity contribution < 1.29 is 0 Å². The minimum atomic E-state index is 0.299. The lowest BCUT2D eigenvalue weighted by Gasteiger charge is -2.41. The molecule has 1 aliphatic rings. The van der Waals surface area contributed by atoms with Gasteiger partial charge in [-0.15, -0.1) is 11.3 Å². The Labute approximate surface area is 96.3 Å². The summed E-state index contributed by atoms with van der Waals surface area (Å²) in [5, 5.41) is 5.58. The van der Waals surface area contributed by atoms with Crippen LogP contribution in [0.3, 0.4) is 0 Å². The number of thiophene rings is 1. The van der Waals surface area contributed by atoms with Gasteiger partial charge < -0.3 is 5.32 Å². The van der Waals surface area contributed by atoms with Crippen molar-refractivity contribution in [2.24, 2.45) is 0 Å². The molecule has 1 saturated heterocycles. The van der Waals surface area contributed by atoms with Crippen LogP contribution in [-0.4, -0.2) is 36.6 Å². The highest BCUT2D eigenvalue weighted by molar-refractivity contribution is 7.09. The molecule has 0 bridgehead atoms. The second kappa shape index (κ2) is 4.64. The molecule has 2 rings (SSSR count). The van der Waals surface area contributed by atoms with Crippen molar-refractivity contribution in [3.05, 3.63) is 22.4 Å². The molecule has 0 unspecified atom stereocenters. The van der Waals surface area contributed by atoms with E-state index in [9.17, 15) is 0 Å². The Bertz CT molecular complexity index is 287. The molecule has 1 aromatic rings. The SMILES string of the molecule is CC(C)(Cc1cccs1)N1CCNCC1. The highest BCUT2D eigenvalue weighted by atomic mass is 32.1. The predicted octanol–water partition coefficient (Wildman–Crippen LogP) is 1.97. The molecule has 1 aliphatic heterocycles. The molecular weight excluding hydrogens is 204 g/mol. The van der Waals surface area contributed by atoms with Crippen LogP contribution < -0.4 is 5.32 Å². The van der Waals surface area contributed by atoms with Crippen molar-refractivity contribution in [1.82, 2.24) is 10.2 Å². The van der Waals surface area contributed by atoms with E-state index in [0.717, 1.165) is 13.1 Å². The quantitative estimate of drug-likeness (QED) is 0.844. The van der Waals surface area contributed by atoms with Crippen molar-refractivity contribution in [2.45, 2.75) is 25.8 Å². The first-order valence-corrected chi connectivity index (χ1v) is 6.55. The van der Waals surface area contributed by atoms with Crippen LogP contribution in [0.15, 0.2) is 17.5 Å². The summed E-state index contributed by atoms with van der Waals surface area (Å²) in [4.78, 5) is 4.10. The van der Waals surface area contributed by atoms with Crippen LogP contribution in [0.1, 0.15) is 18.7 Å². The summed E-state index contributed by atoms with van der Waals surface area (Å²) in [6, 6.07) is 4.39. The van der Waals surface area contributed by atoms with Gasteiger partial charge in [0.05, 0.1) is 0 Å². The molecule has 84 valence electrons. The molecular formula is C12H20N2S. The fourth-order valence-corrected chi connectivity index (χ4v) is 3.15. The third-order valence-electron chi connectivity index (χ3n) is 3.16. The van der Waals surface area contributed by atoms with Crippen LogP contribution in [0.5, 0.6) is 0 Å². The van der Waals surface area contributed by atoms with Crippen molar-refractivity contribution >= 4 is 11.3 Å². The zero-order valence-electron chi connectivity index (χ0n) is 9.62. The lowest BCUT2D eigenvalue weighted by Crippen LogP contribution is -2.54. The summed E-state index contributed by atoms with van der Waals surface area (Å²) in [6.45, 7) is 9.34. The molecule has 0 radical (unpaired) electrons. The van der Waals surface area contributed by atoms with Crippen molar-refractivity contribution in [1.29, 1.82) is 0 Å². The lowest BCUT2D eigenvalue weighted by molar-refractivity contribution is 0.104. The zero-order chi connectivity index (χ0) is 10.7. The maximum absolute atomic E-state index is 3.41. The number of hydrogen-bond acceptors (Lipinski definition) is 3. The Morgan fingerprint density at radius 3 is 2.73 bits per heavy atom. The minimum absolute atomic E-state index is 0.299. The second-order valence-electron chi connectivity index (χ2n) is 4.81. The Morgan fingerprint density at radius 2 is 2.13 bits per heavy atom. The molecule has 0 amide bonds. The third-order valence-corrected chi connectivity index (χ3v) is 4.04. The Hall–Kier alpha value is -0.380. The van der Waals surface area contributed by atoms with E-state index in [1.165, 1.54) is 24.4 Å². The summed E-state index contributed by atoms with van der Waals surface area (Å²) < 4.78 is 0. The summed E-state index contributed by atoms with van der Waals surface area (Å²) >= 11 is 1.87. The van der Waals surface area contributed by atoms with E-state index in [-0.39, 0.29) is 0 Å². The molecule has 1 fully saturated rings. The molecule has 0 aromatic carbocycles. The minimum Gasteiger partial charge on any atom is -0.314 e. The third kappa shape index (κ3) is 2.80. The zero-order valence-corrected chi connectivity index (χ0v) is 10.4. The average molecular weight is 224 g/mol. The Balaban J connectivity index is 1.98. The maximum atomic E-state index is 3.41. The number of hydrogen-bond donors (Lipinski definition) is 1. The van der Waals surface area contributed by atoms with E-state index in [1.807, 2.05) is 11.3 Å². The van der Waals surface area contributed by atoms with Gasteiger partial charge in [0, 0.05) is 36.6 Å². The van der Waals surface area contributed by atoms with Gasteiger partial charge in [0.15, 0.2) is 0 Å². The van der Waals surface area contributed by atoms with Crippen LogP contribution in [-0.2, 0) is 6.42 Å². The van der Waals surface area contributed by atoms with Crippen LogP contribution in [0.25, 0.3) is 0 Å². The highest BCUT2D eigenvalue weighted by Gasteiger charge is 2.28. The van der Waals surface area contributed by atoms with Gasteiger partial charge in [-0.3, -0.25) is 4.90 Å². The van der Waals surface area contributed by atoms with E-state index in [0.29, 0.717) is 5.54 Å². The van der Waals surface area contributed by atoms with Crippen molar-refractivity contribution in [3.63, 3.8) is 0 Å². The molecule has 15 heavy (non-hydrogen) atoms. The molecule has 0 saturated carbocycles. The summed E-state index contributed by atoms with van der Waals surface area (Å²) in [6.07, 6.45) is 1.17. The number of piperazine rings is 1. The number of nitrogens with zero attached hydrogens (tertiary/aromatic N) is 1. The summed E-state index contributed by atoms with van der Waals surface area (Å²) in [5.41, 5.74) is 0.299. The van der Waals surface area contributed by atoms with Gasteiger partial charge in [-0.25, -0.2) is 0 Å². The predicted molar refractivity (Wildman–Crippen MR) is 66.5 cm³/mol. The van der Waals surface area contributed by atoms with Gasteiger partial charge in [-0.1, -0.05) is 6.07 Å². The van der Waals surface area contributed by atoms with Gasteiger partial charge in [0.1, 0.15) is 0 Å². The number of nitrogens with one attached hydrogen (secondary N) is 1. The van der Waals surface area contributed by atoms with E-state index in [1.54, 1.807) is 0 Å². The van der Waals surface area contributed by atoms with Crippen LogP contribution in [0.2, 0.25) is 0 Å². The smallest absolute Gasteiger partial charge is 0.0202 e. The van der Waals surface area contributed by atoms with E-state index >= 15 is 0 Å². The molecule has 3 heteroatoms. The normalized spacial score (nSPS) is 19.3. The molecule has 1 N–H and O–H groups in total. The highest BCUT2D eigenvalue weighted by Crippen LogP contribution is 2.23. The van der Waals surface area contributed by atoms with Crippen LogP contribution >= 0.6 is 11.3 Å². The largest absolute Gasteiger partial charge is 0.314 e. The first kappa shape index (κ1) is 11.1. The monoisotopic (exact) mass is 224 g/mol. The summed E-state index contributed by atoms with van der Waals surface area (Å²) in [7, 11) is 0. The van der Waals surface area contributed by atoms with Crippen molar-refractivity contribution in [2.75, 3.05) is 26.2 Å². The van der Waals surface area contributed by atoms with E-state index in [4.69, 9.17) is 0 Å². The maximum Gasteiger partial charge on any atom is 0.0202 e. The second-order valence-corrected chi connectivity index (χ2v) is 5.84. The van der Waals surface area contributed by atoms with Gasteiger partial charge in [0.2, 0.25) is 0 Å². The average Bonchev–Trinajstić information content (AvgIpc) is 2.71. The summed E-state index contributed by atoms with van der Waals surface area (Å²) in [5.74, 6) is 0. The van der Waals surface area contributed by atoms with Gasteiger partial charge in [0.25, 0.3) is 0 Å². The molecule has 2 nitrogen and oxygen atoms in total. The van der Waals surface area contributed by atoms with E-state index < -0.39 is 0 Å². The Morgan fingerprint density at radius 1 is 1.40 bits per heavy atom. The molecule has 0 atom stereocenters. The topological polar surface area (TPSA) is 15.3 Å². The molecule has 0 spiro atoms. The molecule has 0 aliphatic carbocycles. The molecule has 2 heterocycles. The van der Waals surface area contributed by atoms with Crippen LogP contribution in [0.4, 0.5) is 0 Å². The van der Waals surface area contributed by atoms with Gasteiger partial charge >= 0.3 is 0 Å². The number of rotatable bonds is 3. The lowest BCUT2D eigenvalue weighted by atomic mass is 9.96. The first-order valence-electron chi connectivity index (χ1n) is 5.67. The molecule has 1 aromatic heterocycles. The fourth-order valence-electron chi connectivity index (χ4n) is 2.22. The van der Waals surface area contributed by atoms with Gasteiger partial charge in [-0.05, 0) is 31.7 Å². The van der Waals surface area contributed by atoms with Crippen LogP contribution in [0, 0.1) is 0 Å². The van der Waals surface area contributed by atoms with Crippen molar-refractivity contribution in [3.8, 4) is 0 Å². The first-order chi connectivity index (χ1) is 7.18.